The molecule has 1 unspecified atom stereocenters. The van der Waals surface area contributed by atoms with Gasteiger partial charge in [0.2, 0.25) is 0 Å². The van der Waals surface area contributed by atoms with Crippen LogP contribution in [0.1, 0.15) is 26.2 Å². The standard InChI is InChI=1S/C8H16N2O4/c1-2-6(8(12)14-10)5-7(11)3-4-13-9/h6H,2-5,9-10H2,1H3. The molecule has 0 aromatic carbocycles. The van der Waals surface area contributed by atoms with Crippen LogP contribution in [0.15, 0.2) is 0 Å². The molecule has 0 aromatic heterocycles. The van der Waals surface area contributed by atoms with Gasteiger partial charge in [0.05, 0.1) is 12.5 Å². The first kappa shape index (κ1) is 13.0. The first-order valence-electron chi connectivity index (χ1n) is 4.39. The fourth-order valence-electron chi connectivity index (χ4n) is 1.04. The third-order valence-corrected chi connectivity index (χ3v) is 1.92. The van der Waals surface area contributed by atoms with E-state index in [1.165, 1.54) is 0 Å². The second kappa shape index (κ2) is 7.43. The normalized spacial score (nSPS) is 12.2. The summed E-state index contributed by atoms with van der Waals surface area (Å²) in [4.78, 5) is 30.5. The van der Waals surface area contributed by atoms with Crippen LogP contribution >= 0.6 is 0 Å². The van der Waals surface area contributed by atoms with Gasteiger partial charge in [-0.25, -0.2) is 5.90 Å². The Hall–Kier alpha value is -0.980. The van der Waals surface area contributed by atoms with E-state index < -0.39 is 11.9 Å². The SMILES string of the molecule is CCC(CC(=O)CCON)C(=O)ON. The van der Waals surface area contributed by atoms with Crippen LogP contribution in [0.3, 0.4) is 0 Å². The summed E-state index contributed by atoms with van der Waals surface area (Å²) in [6.45, 7) is 1.95. The number of Topliss-reactive ketones (excluding diaryl/α,β-unsaturated/α-hetero) is 1. The fourth-order valence-corrected chi connectivity index (χ4v) is 1.04. The van der Waals surface area contributed by atoms with Crippen LogP contribution in [0.25, 0.3) is 0 Å². The lowest BCUT2D eigenvalue weighted by Gasteiger charge is -2.09. The van der Waals surface area contributed by atoms with Crippen molar-refractivity contribution in [2.45, 2.75) is 26.2 Å². The highest BCUT2D eigenvalue weighted by atomic mass is 16.7. The maximum absolute atomic E-state index is 11.2. The van der Waals surface area contributed by atoms with Crippen molar-refractivity contribution in [3.63, 3.8) is 0 Å². The van der Waals surface area contributed by atoms with Crippen molar-refractivity contribution in [1.29, 1.82) is 0 Å². The van der Waals surface area contributed by atoms with Gasteiger partial charge in [0.25, 0.3) is 0 Å². The smallest absolute Gasteiger partial charge is 0.327 e. The van der Waals surface area contributed by atoms with Gasteiger partial charge in [0.1, 0.15) is 5.78 Å². The molecule has 0 saturated heterocycles. The van der Waals surface area contributed by atoms with Crippen molar-refractivity contribution in [3.8, 4) is 0 Å². The Bertz CT molecular complexity index is 196. The van der Waals surface area contributed by atoms with Crippen molar-refractivity contribution in [3.05, 3.63) is 0 Å². The molecule has 0 aliphatic rings. The quantitative estimate of drug-likeness (QED) is 0.550. The number of rotatable bonds is 7. The highest BCUT2D eigenvalue weighted by Crippen LogP contribution is 2.11. The van der Waals surface area contributed by atoms with E-state index >= 15 is 0 Å². The summed E-state index contributed by atoms with van der Waals surface area (Å²) in [5.74, 6) is 8.36. The molecule has 4 N–H and O–H groups in total. The Labute approximate surface area is 82.4 Å². The number of carbonyl (C=O) groups is 2. The summed E-state index contributed by atoms with van der Waals surface area (Å²) in [5.41, 5.74) is 0. The van der Waals surface area contributed by atoms with Crippen molar-refractivity contribution >= 4 is 11.8 Å². The zero-order valence-electron chi connectivity index (χ0n) is 8.19. The Morgan fingerprint density at radius 1 is 1.36 bits per heavy atom. The zero-order valence-corrected chi connectivity index (χ0v) is 8.19. The number of hydrogen-bond donors (Lipinski definition) is 2. The van der Waals surface area contributed by atoms with Crippen LogP contribution in [0.2, 0.25) is 0 Å². The first-order chi connectivity index (χ1) is 6.65. The van der Waals surface area contributed by atoms with Gasteiger partial charge in [0, 0.05) is 12.8 Å². The molecule has 82 valence electrons. The largest absolute Gasteiger partial charge is 0.373 e. The molecule has 0 rings (SSSR count). The summed E-state index contributed by atoms with van der Waals surface area (Å²) < 4.78 is 0. The summed E-state index contributed by atoms with van der Waals surface area (Å²) in [6.07, 6.45) is 0.839. The van der Waals surface area contributed by atoms with Crippen molar-refractivity contribution in [2.24, 2.45) is 17.7 Å². The van der Waals surface area contributed by atoms with E-state index in [9.17, 15) is 9.59 Å². The van der Waals surface area contributed by atoms with Crippen LogP contribution in [0.5, 0.6) is 0 Å². The molecule has 0 spiro atoms. The molecule has 0 aromatic rings. The number of nitrogens with two attached hydrogens (primary N) is 2. The second-order valence-electron chi connectivity index (χ2n) is 2.91. The van der Waals surface area contributed by atoms with Crippen LogP contribution < -0.4 is 11.8 Å². The van der Waals surface area contributed by atoms with Crippen LogP contribution in [-0.2, 0) is 19.3 Å². The molecule has 0 heterocycles. The van der Waals surface area contributed by atoms with E-state index in [-0.39, 0.29) is 25.2 Å². The lowest BCUT2D eigenvalue weighted by atomic mass is 9.99. The topological polar surface area (TPSA) is 105 Å². The molecule has 0 aliphatic carbocycles. The van der Waals surface area contributed by atoms with Gasteiger partial charge in [-0.1, -0.05) is 6.92 Å². The van der Waals surface area contributed by atoms with Gasteiger partial charge in [-0.3, -0.25) is 9.59 Å². The lowest BCUT2D eigenvalue weighted by molar-refractivity contribution is -0.150. The minimum atomic E-state index is -0.561. The average Bonchev–Trinajstić information content (AvgIpc) is 2.21. The van der Waals surface area contributed by atoms with E-state index in [2.05, 4.69) is 9.68 Å². The van der Waals surface area contributed by atoms with Crippen molar-refractivity contribution in [1.82, 2.24) is 0 Å². The van der Waals surface area contributed by atoms with Gasteiger partial charge < -0.3 is 9.68 Å². The van der Waals surface area contributed by atoms with E-state index in [0.717, 1.165) is 0 Å². The molecule has 14 heavy (non-hydrogen) atoms. The average molecular weight is 204 g/mol. The number of hydrogen-bond acceptors (Lipinski definition) is 6. The highest BCUT2D eigenvalue weighted by molar-refractivity contribution is 5.84. The minimum Gasteiger partial charge on any atom is -0.373 e. The molecule has 0 aliphatic heterocycles. The van der Waals surface area contributed by atoms with Gasteiger partial charge in [-0.2, -0.15) is 5.90 Å². The molecular formula is C8H16N2O4. The van der Waals surface area contributed by atoms with Crippen LogP contribution in [0, 0.1) is 5.92 Å². The Balaban J connectivity index is 3.92. The second-order valence-corrected chi connectivity index (χ2v) is 2.91. The van der Waals surface area contributed by atoms with Gasteiger partial charge in [-0.05, 0) is 6.42 Å². The summed E-state index contributed by atoms with van der Waals surface area (Å²) in [7, 11) is 0. The maximum Gasteiger partial charge on any atom is 0.327 e. The molecule has 0 saturated carbocycles. The zero-order chi connectivity index (χ0) is 11.0. The fraction of sp³-hybridized carbons (Fsp3) is 0.750. The molecule has 6 nitrogen and oxygen atoms in total. The first-order valence-corrected chi connectivity index (χ1v) is 4.39. The van der Waals surface area contributed by atoms with Gasteiger partial charge in [-0.15, -0.1) is 0 Å². The molecule has 0 amide bonds. The molecule has 0 fully saturated rings. The maximum atomic E-state index is 11.2. The van der Waals surface area contributed by atoms with E-state index in [1.807, 2.05) is 0 Å². The van der Waals surface area contributed by atoms with E-state index in [0.29, 0.717) is 6.42 Å². The molecular weight excluding hydrogens is 188 g/mol. The predicted molar refractivity (Wildman–Crippen MR) is 48.4 cm³/mol. The number of ketones is 1. The number of carbonyl (C=O) groups excluding carboxylic acids is 2. The van der Waals surface area contributed by atoms with Crippen molar-refractivity contribution < 1.29 is 19.3 Å². The summed E-state index contributed by atoms with van der Waals surface area (Å²) in [6, 6.07) is 0. The highest BCUT2D eigenvalue weighted by Gasteiger charge is 2.20. The molecule has 0 bridgehead atoms. The van der Waals surface area contributed by atoms with E-state index in [4.69, 9.17) is 11.8 Å². The lowest BCUT2D eigenvalue weighted by Crippen LogP contribution is -2.23. The molecule has 1 atom stereocenters. The third kappa shape index (κ3) is 4.90. The Morgan fingerprint density at radius 2 is 2.00 bits per heavy atom. The molecule has 6 heteroatoms. The summed E-state index contributed by atoms with van der Waals surface area (Å²) >= 11 is 0. The Kier molecular flexibility index (Phi) is 6.91. The van der Waals surface area contributed by atoms with Crippen LogP contribution in [-0.4, -0.2) is 18.4 Å². The van der Waals surface area contributed by atoms with Crippen molar-refractivity contribution in [2.75, 3.05) is 6.61 Å². The minimum absolute atomic E-state index is 0.0901. The van der Waals surface area contributed by atoms with Crippen LogP contribution in [0.4, 0.5) is 0 Å². The summed E-state index contributed by atoms with van der Waals surface area (Å²) in [5, 5.41) is 0. The predicted octanol–water partition coefficient (Wildman–Crippen LogP) is -0.331. The monoisotopic (exact) mass is 204 g/mol. The van der Waals surface area contributed by atoms with Gasteiger partial charge in [0.15, 0.2) is 0 Å². The van der Waals surface area contributed by atoms with E-state index in [1.54, 1.807) is 6.92 Å². The van der Waals surface area contributed by atoms with Gasteiger partial charge >= 0.3 is 5.97 Å². The Morgan fingerprint density at radius 3 is 2.43 bits per heavy atom. The third-order valence-electron chi connectivity index (χ3n) is 1.92. The molecule has 0 radical (unpaired) electrons.